The Morgan fingerprint density at radius 2 is 2.29 bits per heavy atom. The van der Waals surface area contributed by atoms with Crippen molar-refractivity contribution in [3.05, 3.63) is 18.1 Å². The highest BCUT2D eigenvalue weighted by Crippen LogP contribution is 2.26. The molecule has 2 rings (SSSR count). The van der Waals surface area contributed by atoms with Crippen LogP contribution >= 0.6 is 15.9 Å². The Bertz CT molecular complexity index is 369. The van der Waals surface area contributed by atoms with E-state index in [0.29, 0.717) is 4.83 Å². The first-order chi connectivity index (χ1) is 8.20. The van der Waals surface area contributed by atoms with Gasteiger partial charge in [-0.25, -0.2) is 9.97 Å². The lowest BCUT2D eigenvalue weighted by molar-refractivity contribution is 0.454. The summed E-state index contributed by atoms with van der Waals surface area (Å²) in [5, 5.41) is 0. The lowest BCUT2D eigenvalue weighted by atomic mass is 9.99. The van der Waals surface area contributed by atoms with Gasteiger partial charge in [-0.15, -0.1) is 0 Å². The number of nitrogens with zero attached hydrogens (tertiary/aromatic N) is 3. The Kier molecular flexibility index (Phi) is 4.37. The van der Waals surface area contributed by atoms with Crippen molar-refractivity contribution in [3.63, 3.8) is 0 Å². The predicted octanol–water partition coefficient (Wildman–Crippen LogP) is 3.04. The normalized spacial score (nSPS) is 25.0. The first-order valence-corrected chi connectivity index (χ1v) is 7.32. The summed E-state index contributed by atoms with van der Waals surface area (Å²) in [6.07, 6.45) is 5.09. The van der Waals surface area contributed by atoms with E-state index in [0.717, 1.165) is 43.4 Å². The standard InChI is InChI=1S/C13H20BrN3/c1-3-4-11-7-13(16-9-15-11)17-6-5-10(2)12(14)8-17/h7,9-10,12H,3-6,8H2,1-2H3. The van der Waals surface area contributed by atoms with Crippen LogP contribution in [-0.4, -0.2) is 27.9 Å². The zero-order valence-corrected chi connectivity index (χ0v) is 12.2. The van der Waals surface area contributed by atoms with Crippen LogP contribution < -0.4 is 4.90 Å². The lowest BCUT2D eigenvalue weighted by Gasteiger charge is -2.35. The second kappa shape index (κ2) is 5.80. The Hall–Kier alpha value is -0.640. The fourth-order valence-electron chi connectivity index (χ4n) is 2.18. The van der Waals surface area contributed by atoms with Crippen molar-refractivity contribution in [2.45, 2.75) is 37.9 Å². The van der Waals surface area contributed by atoms with E-state index in [1.54, 1.807) is 6.33 Å². The summed E-state index contributed by atoms with van der Waals surface area (Å²) in [4.78, 5) is 11.6. The van der Waals surface area contributed by atoms with Crippen LogP contribution in [0.25, 0.3) is 0 Å². The molecule has 0 aromatic carbocycles. The number of anilines is 1. The maximum absolute atomic E-state index is 4.40. The Balaban J connectivity index is 2.09. The van der Waals surface area contributed by atoms with Crippen LogP contribution in [0.4, 0.5) is 5.82 Å². The largest absolute Gasteiger partial charge is 0.355 e. The summed E-state index contributed by atoms with van der Waals surface area (Å²) in [7, 11) is 0. The number of hydrogen-bond donors (Lipinski definition) is 0. The molecule has 1 aliphatic heterocycles. The van der Waals surface area contributed by atoms with Gasteiger partial charge in [-0.2, -0.15) is 0 Å². The molecule has 1 aromatic heterocycles. The third kappa shape index (κ3) is 3.18. The van der Waals surface area contributed by atoms with E-state index in [2.05, 4.69) is 50.7 Å². The zero-order valence-electron chi connectivity index (χ0n) is 10.6. The van der Waals surface area contributed by atoms with Gasteiger partial charge in [0.15, 0.2) is 0 Å². The molecule has 0 radical (unpaired) electrons. The molecular formula is C13H20BrN3. The van der Waals surface area contributed by atoms with Crippen molar-refractivity contribution in [1.82, 2.24) is 9.97 Å². The number of aromatic nitrogens is 2. The quantitative estimate of drug-likeness (QED) is 0.803. The van der Waals surface area contributed by atoms with Crippen molar-refractivity contribution in [2.24, 2.45) is 5.92 Å². The maximum atomic E-state index is 4.40. The number of halogens is 1. The third-order valence-corrected chi connectivity index (χ3v) is 4.60. The van der Waals surface area contributed by atoms with E-state index in [9.17, 15) is 0 Å². The Morgan fingerprint density at radius 3 is 3.00 bits per heavy atom. The predicted molar refractivity (Wildman–Crippen MR) is 74.7 cm³/mol. The number of alkyl halides is 1. The van der Waals surface area contributed by atoms with E-state index in [1.807, 2.05) is 0 Å². The molecule has 2 heterocycles. The summed E-state index contributed by atoms with van der Waals surface area (Å²) in [5.74, 6) is 1.84. The van der Waals surface area contributed by atoms with Crippen LogP contribution in [0.5, 0.6) is 0 Å². The molecule has 94 valence electrons. The summed E-state index contributed by atoms with van der Waals surface area (Å²) in [6.45, 7) is 6.63. The Labute approximate surface area is 112 Å². The highest BCUT2D eigenvalue weighted by atomic mass is 79.9. The summed E-state index contributed by atoms with van der Waals surface area (Å²) < 4.78 is 0. The maximum Gasteiger partial charge on any atom is 0.132 e. The van der Waals surface area contributed by atoms with Crippen LogP contribution in [0.1, 0.15) is 32.4 Å². The SMILES string of the molecule is CCCc1cc(N2CCC(C)C(Br)C2)ncn1. The van der Waals surface area contributed by atoms with Crippen LogP contribution in [0.2, 0.25) is 0 Å². The minimum atomic E-state index is 0.570. The van der Waals surface area contributed by atoms with Gasteiger partial charge in [-0.05, 0) is 18.8 Å². The number of rotatable bonds is 3. The molecule has 4 heteroatoms. The van der Waals surface area contributed by atoms with Crippen molar-refractivity contribution >= 4 is 21.7 Å². The van der Waals surface area contributed by atoms with Crippen LogP contribution in [-0.2, 0) is 6.42 Å². The number of piperidine rings is 1. The highest BCUT2D eigenvalue weighted by Gasteiger charge is 2.24. The molecule has 3 nitrogen and oxygen atoms in total. The van der Waals surface area contributed by atoms with Crippen molar-refractivity contribution in [2.75, 3.05) is 18.0 Å². The fraction of sp³-hybridized carbons (Fsp3) is 0.692. The summed E-state index contributed by atoms with van der Waals surface area (Å²) >= 11 is 3.76. The minimum absolute atomic E-state index is 0.570. The van der Waals surface area contributed by atoms with Crippen molar-refractivity contribution in [3.8, 4) is 0 Å². The van der Waals surface area contributed by atoms with Gasteiger partial charge in [0, 0.05) is 29.7 Å². The molecule has 0 spiro atoms. The molecule has 17 heavy (non-hydrogen) atoms. The van der Waals surface area contributed by atoms with Crippen LogP contribution in [0.3, 0.4) is 0 Å². The summed E-state index contributed by atoms with van der Waals surface area (Å²) in [6, 6.07) is 2.14. The lowest BCUT2D eigenvalue weighted by Crippen LogP contribution is -2.40. The van der Waals surface area contributed by atoms with E-state index in [1.165, 1.54) is 6.42 Å². The topological polar surface area (TPSA) is 29.0 Å². The average Bonchev–Trinajstić information content (AvgIpc) is 2.33. The molecule has 0 saturated carbocycles. The molecule has 1 saturated heterocycles. The van der Waals surface area contributed by atoms with Crippen molar-refractivity contribution < 1.29 is 0 Å². The van der Waals surface area contributed by atoms with Crippen LogP contribution in [0.15, 0.2) is 12.4 Å². The molecule has 0 amide bonds. The first kappa shape index (κ1) is 12.8. The van der Waals surface area contributed by atoms with Gasteiger partial charge >= 0.3 is 0 Å². The first-order valence-electron chi connectivity index (χ1n) is 6.40. The van der Waals surface area contributed by atoms with Gasteiger partial charge in [0.1, 0.15) is 12.1 Å². The molecule has 2 atom stereocenters. The molecule has 1 fully saturated rings. The molecule has 0 N–H and O–H groups in total. The molecule has 1 aliphatic rings. The smallest absolute Gasteiger partial charge is 0.132 e. The average molecular weight is 298 g/mol. The monoisotopic (exact) mass is 297 g/mol. The van der Waals surface area contributed by atoms with Gasteiger partial charge < -0.3 is 4.90 Å². The molecular weight excluding hydrogens is 278 g/mol. The molecule has 0 aliphatic carbocycles. The van der Waals surface area contributed by atoms with Crippen molar-refractivity contribution in [1.29, 1.82) is 0 Å². The number of hydrogen-bond acceptors (Lipinski definition) is 3. The van der Waals surface area contributed by atoms with Gasteiger partial charge in [-0.3, -0.25) is 0 Å². The minimum Gasteiger partial charge on any atom is -0.355 e. The second-order valence-corrected chi connectivity index (χ2v) is 6.02. The van der Waals surface area contributed by atoms with E-state index >= 15 is 0 Å². The summed E-state index contributed by atoms with van der Waals surface area (Å²) in [5.41, 5.74) is 1.15. The highest BCUT2D eigenvalue weighted by molar-refractivity contribution is 9.09. The van der Waals surface area contributed by atoms with E-state index in [-0.39, 0.29) is 0 Å². The van der Waals surface area contributed by atoms with Gasteiger partial charge in [0.2, 0.25) is 0 Å². The Morgan fingerprint density at radius 1 is 1.47 bits per heavy atom. The van der Waals surface area contributed by atoms with Gasteiger partial charge in [0.25, 0.3) is 0 Å². The number of aryl methyl sites for hydroxylation is 1. The van der Waals surface area contributed by atoms with Gasteiger partial charge in [0.05, 0.1) is 0 Å². The van der Waals surface area contributed by atoms with Gasteiger partial charge in [-0.1, -0.05) is 36.2 Å². The second-order valence-electron chi connectivity index (χ2n) is 4.85. The van der Waals surface area contributed by atoms with E-state index in [4.69, 9.17) is 0 Å². The molecule has 0 bridgehead atoms. The fourth-order valence-corrected chi connectivity index (χ4v) is 2.80. The molecule has 1 aromatic rings. The van der Waals surface area contributed by atoms with Crippen LogP contribution in [0, 0.1) is 5.92 Å². The zero-order chi connectivity index (χ0) is 12.3. The van der Waals surface area contributed by atoms with E-state index < -0.39 is 0 Å². The third-order valence-electron chi connectivity index (χ3n) is 3.41. The molecule has 2 unspecified atom stereocenters.